The highest BCUT2D eigenvalue weighted by molar-refractivity contribution is 6.00. The smallest absolute Gasteiger partial charge is 0.249 e. The number of hydrogen-bond donors (Lipinski definition) is 2. The minimum absolute atomic E-state index is 0.295. The van der Waals surface area contributed by atoms with Crippen LogP contribution in [0.15, 0.2) is 29.8 Å². The Kier molecular flexibility index (Phi) is 3.64. The SMILES string of the molecule is CC1=C(C)c2c(c(C(N)=O)cc(F)c2-c2ccc3c(c2)NCCC3)C1. The average Bonchev–Trinajstić information content (AvgIpc) is 2.89. The average molecular weight is 336 g/mol. The number of amides is 1. The van der Waals surface area contributed by atoms with Crippen LogP contribution in [-0.4, -0.2) is 12.5 Å². The molecule has 3 N–H and O–H groups in total. The van der Waals surface area contributed by atoms with Gasteiger partial charge in [-0.1, -0.05) is 17.7 Å². The standard InChI is InChI=1S/C21H21FN2O/c1-11-8-15-16(21(23)25)10-17(22)20(19(15)12(11)2)14-6-5-13-4-3-7-24-18(13)9-14/h5-6,9-10,24H,3-4,7-8H2,1-2H3,(H2,23,25). The quantitative estimate of drug-likeness (QED) is 0.859. The first-order valence-corrected chi connectivity index (χ1v) is 8.66. The molecular weight excluding hydrogens is 315 g/mol. The molecule has 1 aliphatic heterocycles. The Labute approximate surface area is 146 Å². The van der Waals surface area contributed by atoms with E-state index in [1.165, 1.54) is 11.6 Å². The van der Waals surface area contributed by atoms with Crippen molar-refractivity contribution in [3.8, 4) is 11.1 Å². The van der Waals surface area contributed by atoms with E-state index < -0.39 is 11.7 Å². The summed E-state index contributed by atoms with van der Waals surface area (Å²) in [5, 5.41) is 3.40. The fourth-order valence-electron chi connectivity index (χ4n) is 4.02. The molecule has 2 aliphatic rings. The lowest BCUT2D eigenvalue weighted by Gasteiger charge is -2.20. The van der Waals surface area contributed by atoms with Crippen LogP contribution in [0, 0.1) is 5.82 Å². The van der Waals surface area contributed by atoms with Crippen molar-refractivity contribution in [1.29, 1.82) is 0 Å². The molecule has 2 aromatic rings. The number of rotatable bonds is 2. The maximum atomic E-state index is 15.0. The molecule has 2 aromatic carbocycles. The monoisotopic (exact) mass is 336 g/mol. The number of carbonyl (C=O) groups excluding carboxylic acids is 1. The number of anilines is 1. The molecule has 0 saturated carbocycles. The third-order valence-electron chi connectivity index (χ3n) is 5.45. The highest BCUT2D eigenvalue weighted by atomic mass is 19.1. The summed E-state index contributed by atoms with van der Waals surface area (Å²) in [4.78, 5) is 11.8. The Balaban J connectivity index is 1.97. The molecule has 25 heavy (non-hydrogen) atoms. The van der Waals surface area contributed by atoms with Crippen molar-refractivity contribution in [3.05, 3.63) is 57.9 Å². The third-order valence-corrected chi connectivity index (χ3v) is 5.45. The Bertz CT molecular complexity index is 943. The van der Waals surface area contributed by atoms with E-state index >= 15 is 4.39 Å². The normalized spacial score (nSPS) is 15.6. The fraction of sp³-hybridized carbons (Fsp3) is 0.286. The number of carbonyl (C=O) groups is 1. The summed E-state index contributed by atoms with van der Waals surface area (Å²) in [5.41, 5.74) is 13.4. The van der Waals surface area contributed by atoms with E-state index in [1.807, 2.05) is 26.0 Å². The maximum Gasteiger partial charge on any atom is 0.249 e. The van der Waals surface area contributed by atoms with Crippen LogP contribution >= 0.6 is 0 Å². The zero-order chi connectivity index (χ0) is 17.7. The van der Waals surface area contributed by atoms with Gasteiger partial charge < -0.3 is 11.1 Å². The predicted molar refractivity (Wildman–Crippen MR) is 99.1 cm³/mol. The van der Waals surface area contributed by atoms with E-state index in [0.29, 0.717) is 17.5 Å². The first kappa shape index (κ1) is 15.9. The zero-order valence-electron chi connectivity index (χ0n) is 14.5. The van der Waals surface area contributed by atoms with Crippen molar-refractivity contribution in [2.75, 3.05) is 11.9 Å². The zero-order valence-corrected chi connectivity index (χ0v) is 14.5. The third kappa shape index (κ3) is 2.44. The van der Waals surface area contributed by atoms with Crippen molar-refractivity contribution in [2.45, 2.75) is 33.1 Å². The molecule has 0 spiro atoms. The van der Waals surface area contributed by atoms with Crippen molar-refractivity contribution in [2.24, 2.45) is 5.73 Å². The summed E-state index contributed by atoms with van der Waals surface area (Å²) in [6.45, 7) is 4.96. The number of hydrogen-bond acceptors (Lipinski definition) is 2. The van der Waals surface area contributed by atoms with Crippen LogP contribution < -0.4 is 11.1 Å². The number of benzene rings is 2. The number of nitrogens with one attached hydrogen (secondary N) is 1. The molecule has 4 rings (SSSR count). The molecule has 0 unspecified atom stereocenters. The van der Waals surface area contributed by atoms with E-state index in [0.717, 1.165) is 52.9 Å². The molecule has 1 heterocycles. The number of nitrogens with two attached hydrogens (primary N) is 1. The van der Waals surface area contributed by atoms with Crippen LogP contribution in [0.1, 0.15) is 47.3 Å². The summed E-state index contributed by atoms with van der Waals surface area (Å²) in [6, 6.07) is 7.38. The number of fused-ring (bicyclic) bond motifs is 2. The minimum Gasteiger partial charge on any atom is -0.385 e. The van der Waals surface area contributed by atoms with E-state index in [-0.39, 0.29) is 0 Å². The summed E-state index contributed by atoms with van der Waals surface area (Å²) < 4.78 is 15.0. The van der Waals surface area contributed by atoms with Gasteiger partial charge in [-0.2, -0.15) is 0 Å². The van der Waals surface area contributed by atoms with Crippen LogP contribution in [0.5, 0.6) is 0 Å². The Morgan fingerprint density at radius 3 is 2.76 bits per heavy atom. The number of allylic oxidation sites excluding steroid dienone is 2. The van der Waals surface area contributed by atoms with Gasteiger partial charge in [0.1, 0.15) is 5.82 Å². The second-order valence-corrected chi connectivity index (χ2v) is 6.98. The van der Waals surface area contributed by atoms with Crippen molar-refractivity contribution in [3.63, 3.8) is 0 Å². The van der Waals surface area contributed by atoms with Gasteiger partial charge in [-0.3, -0.25) is 4.79 Å². The van der Waals surface area contributed by atoms with Crippen LogP contribution in [0.25, 0.3) is 16.7 Å². The molecular formula is C21H21FN2O. The molecule has 1 aliphatic carbocycles. The van der Waals surface area contributed by atoms with Gasteiger partial charge in [-0.05, 0) is 73.1 Å². The van der Waals surface area contributed by atoms with E-state index in [4.69, 9.17) is 5.73 Å². The molecule has 0 radical (unpaired) electrons. The molecule has 1 amide bonds. The first-order valence-electron chi connectivity index (χ1n) is 8.66. The van der Waals surface area contributed by atoms with Crippen molar-refractivity contribution < 1.29 is 9.18 Å². The minimum atomic E-state index is -0.573. The largest absolute Gasteiger partial charge is 0.385 e. The second kappa shape index (κ2) is 5.73. The van der Waals surface area contributed by atoms with Gasteiger partial charge in [-0.25, -0.2) is 4.39 Å². The molecule has 0 aromatic heterocycles. The Morgan fingerprint density at radius 2 is 2.00 bits per heavy atom. The molecule has 4 heteroatoms. The molecule has 128 valence electrons. The van der Waals surface area contributed by atoms with Crippen molar-refractivity contribution in [1.82, 2.24) is 0 Å². The summed E-state index contributed by atoms with van der Waals surface area (Å²) >= 11 is 0. The molecule has 3 nitrogen and oxygen atoms in total. The van der Waals surface area contributed by atoms with Gasteiger partial charge in [0.15, 0.2) is 0 Å². The van der Waals surface area contributed by atoms with Gasteiger partial charge in [0.05, 0.1) is 0 Å². The highest BCUT2D eigenvalue weighted by Crippen LogP contribution is 2.43. The van der Waals surface area contributed by atoms with Gasteiger partial charge >= 0.3 is 0 Å². The van der Waals surface area contributed by atoms with Gasteiger partial charge in [0.2, 0.25) is 5.91 Å². The van der Waals surface area contributed by atoms with E-state index in [9.17, 15) is 4.79 Å². The molecule has 0 atom stereocenters. The Hall–Kier alpha value is -2.62. The van der Waals surface area contributed by atoms with Gasteiger partial charge in [0, 0.05) is 23.4 Å². The van der Waals surface area contributed by atoms with Crippen LogP contribution in [-0.2, 0) is 12.8 Å². The highest BCUT2D eigenvalue weighted by Gasteiger charge is 2.28. The van der Waals surface area contributed by atoms with Crippen molar-refractivity contribution >= 4 is 17.2 Å². The maximum absolute atomic E-state index is 15.0. The molecule has 0 saturated heterocycles. The lowest BCUT2D eigenvalue weighted by atomic mass is 9.89. The lowest BCUT2D eigenvalue weighted by molar-refractivity contribution is 0.0999. The fourth-order valence-corrected chi connectivity index (χ4v) is 4.02. The van der Waals surface area contributed by atoms with E-state index in [1.54, 1.807) is 0 Å². The van der Waals surface area contributed by atoms with Crippen LogP contribution in [0.2, 0.25) is 0 Å². The number of halogens is 1. The topological polar surface area (TPSA) is 55.1 Å². The van der Waals surface area contributed by atoms with E-state index in [2.05, 4.69) is 11.4 Å². The summed E-state index contributed by atoms with van der Waals surface area (Å²) in [7, 11) is 0. The van der Waals surface area contributed by atoms with Crippen LogP contribution in [0.4, 0.5) is 10.1 Å². The summed E-state index contributed by atoms with van der Waals surface area (Å²) in [6.07, 6.45) is 2.81. The Morgan fingerprint density at radius 1 is 1.20 bits per heavy atom. The summed E-state index contributed by atoms with van der Waals surface area (Å²) in [5.74, 6) is -0.964. The van der Waals surface area contributed by atoms with Gasteiger partial charge in [-0.15, -0.1) is 0 Å². The number of primary amides is 1. The predicted octanol–water partition coefficient (Wildman–Crippen LogP) is 4.30. The van der Waals surface area contributed by atoms with Gasteiger partial charge in [0.25, 0.3) is 0 Å². The van der Waals surface area contributed by atoms with Crippen LogP contribution in [0.3, 0.4) is 0 Å². The first-order chi connectivity index (χ1) is 12.0. The second-order valence-electron chi connectivity index (χ2n) is 6.98. The molecule has 0 fully saturated rings. The lowest BCUT2D eigenvalue weighted by Crippen LogP contribution is -2.15. The number of aryl methyl sites for hydroxylation is 1. The molecule has 0 bridgehead atoms.